The summed E-state index contributed by atoms with van der Waals surface area (Å²) in [6.07, 6.45) is 0.694. The lowest BCUT2D eigenvalue weighted by molar-refractivity contribution is -0.240. The molecule has 4 aromatic carbocycles. The summed E-state index contributed by atoms with van der Waals surface area (Å²) in [5.74, 6) is 0. The van der Waals surface area contributed by atoms with Crippen LogP contribution in [0.15, 0.2) is 121 Å². The summed E-state index contributed by atoms with van der Waals surface area (Å²) in [6.45, 7) is 1.79. The van der Waals surface area contributed by atoms with E-state index in [2.05, 4.69) is 59.6 Å². The van der Waals surface area contributed by atoms with Crippen molar-refractivity contribution >= 4 is 10.9 Å². The first-order chi connectivity index (χ1) is 19.3. The Labute approximate surface area is 229 Å². The predicted octanol–water partition coefficient (Wildman–Crippen LogP) is 7.00. The van der Waals surface area contributed by atoms with Crippen LogP contribution in [0.4, 0.5) is 0 Å². The minimum Gasteiger partial charge on any atom is -0.368 e. The van der Waals surface area contributed by atoms with Gasteiger partial charge in [0.2, 0.25) is 0 Å². The summed E-state index contributed by atoms with van der Waals surface area (Å²) in [5.41, 5.74) is 5.46. The third-order valence-electron chi connectivity index (χ3n) is 7.23. The lowest BCUT2D eigenvalue weighted by Crippen LogP contribution is -2.52. The van der Waals surface area contributed by atoms with E-state index in [1.54, 1.807) is 0 Å². The molecule has 198 valence electrons. The Morgan fingerprint density at radius 1 is 0.590 bits per heavy atom. The van der Waals surface area contributed by atoms with Gasteiger partial charge in [-0.3, -0.25) is 0 Å². The van der Waals surface area contributed by atoms with E-state index in [1.807, 2.05) is 66.9 Å². The lowest BCUT2D eigenvalue weighted by Gasteiger charge is -2.42. The lowest BCUT2D eigenvalue weighted by atomic mass is 9.93. The summed E-state index contributed by atoms with van der Waals surface area (Å²) >= 11 is 0. The van der Waals surface area contributed by atoms with Gasteiger partial charge in [0.1, 0.15) is 24.4 Å². The molecule has 1 aliphatic heterocycles. The van der Waals surface area contributed by atoms with E-state index in [-0.39, 0.29) is 24.4 Å². The molecule has 0 aliphatic carbocycles. The van der Waals surface area contributed by atoms with Crippen LogP contribution in [0.2, 0.25) is 0 Å². The second-order valence-corrected chi connectivity index (χ2v) is 9.90. The van der Waals surface area contributed by atoms with Crippen LogP contribution in [0.5, 0.6) is 0 Å². The number of hydrogen-bond acceptors (Lipinski definition) is 4. The Hall–Kier alpha value is -3.74. The van der Waals surface area contributed by atoms with Crippen LogP contribution in [0.3, 0.4) is 0 Å². The third-order valence-corrected chi connectivity index (χ3v) is 7.23. The van der Waals surface area contributed by atoms with Crippen molar-refractivity contribution in [3.63, 3.8) is 0 Å². The molecule has 0 radical (unpaired) electrons. The molecule has 0 spiro atoms. The molecular weight excluding hydrogens is 486 g/mol. The van der Waals surface area contributed by atoms with Crippen molar-refractivity contribution in [1.29, 1.82) is 0 Å². The number of fused-ring (bicyclic) bond motifs is 1. The van der Waals surface area contributed by atoms with E-state index in [1.165, 1.54) is 0 Å². The monoisotopic (exact) mass is 519 g/mol. The number of nitrogens with one attached hydrogen (secondary N) is 1. The van der Waals surface area contributed by atoms with Gasteiger partial charge in [0.15, 0.2) is 0 Å². The molecule has 1 fully saturated rings. The topological polar surface area (TPSA) is 52.7 Å². The molecule has 0 amide bonds. The average Bonchev–Trinajstić information content (AvgIpc) is 3.43. The smallest absolute Gasteiger partial charge is 0.117 e. The van der Waals surface area contributed by atoms with E-state index < -0.39 is 0 Å². The Morgan fingerprint density at radius 3 is 1.72 bits per heavy atom. The Kier molecular flexibility index (Phi) is 8.13. The number of ether oxygens (including phenoxy) is 4. The van der Waals surface area contributed by atoms with Gasteiger partial charge in [0.05, 0.1) is 26.4 Å². The van der Waals surface area contributed by atoms with Gasteiger partial charge in [-0.05, 0) is 22.8 Å². The van der Waals surface area contributed by atoms with Crippen molar-refractivity contribution in [3.8, 4) is 0 Å². The van der Waals surface area contributed by atoms with Crippen molar-refractivity contribution in [3.05, 3.63) is 144 Å². The van der Waals surface area contributed by atoms with Gasteiger partial charge in [-0.25, -0.2) is 0 Å². The molecule has 39 heavy (non-hydrogen) atoms. The van der Waals surface area contributed by atoms with Gasteiger partial charge in [0.25, 0.3) is 0 Å². The van der Waals surface area contributed by atoms with Gasteiger partial charge in [-0.2, -0.15) is 0 Å². The van der Waals surface area contributed by atoms with Crippen LogP contribution in [0.25, 0.3) is 10.9 Å². The van der Waals surface area contributed by atoms with Crippen molar-refractivity contribution < 1.29 is 18.9 Å². The van der Waals surface area contributed by atoms with Gasteiger partial charge in [-0.1, -0.05) is 109 Å². The van der Waals surface area contributed by atoms with Crippen LogP contribution in [0.1, 0.15) is 28.4 Å². The molecule has 0 bridgehead atoms. The Morgan fingerprint density at radius 2 is 1.10 bits per heavy atom. The molecule has 1 aliphatic rings. The first-order valence-corrected chi connectivity index (χ1v) is 13.5. The third kappa shape index (κ3) is 6.13. The van der Waals surface area contributed by atoms with E-state index >= 15 is 0 Å². The molecule has 5 heteroatoms. The SMILES string of the molecule is c1ccc(CO[C@@H]2[C@@H](OCc3ccccc3)[C@H](c3c[nH]c4ccccc34)OC[C@H]2OCc2ccccc2)cc1. The highest BCUT2D eigenvalue weighted by Gasteiger charge is 2.44. The van der Waals surface area contributed by atoms with Gasteiger partial charge in [-0.15, -0.1) is 0 Å². The molecule has 6 rings (SSSR count). The summed E-state index contributed by atoms with van der Waals surface area (Å²) in [5, 5.41) is 1.13. The van der Waals surface area contributed by atoms with Gasteiger partial charge >= 0.3 is 0 Å². The molecule has 1 aromatic heterocycles. The van der Waals surface area contributed by atoms with Crippen molar-refractivity contribution in [2.45, 2.75) is 44.2 Å². The minimum atomic E-state index is -0.386. The number of para-hydroxylation sites is 1. The number of benzene rings is 4. The van der Waals surface area contributed by atoms with E-state index in [4.69, 9.17) is 18.9 Å². The fourth-order valence-corrected chi connectivity index (χ4v) is 5.21. The quantitative estimate of drug-likeness (QED) is 0.216. The zero-order chi connectivity index (χ0) is 26.3. The predicted molar refractivity (Wildman–Crippen MR) is 152 cm³/mol. The molecular formula is C34H33NO4. The summed E-state index contributed by atoms with van der Waals surface area (Å²) < 4.78 is 26.4. The molecule has 0 saturated carbocycles. The molecule has 5 aromatic rings. The van der Waals surface area contributed by atoms with Crippen LogP contribution in [-0.2, 0) is 38.8 Å². The van der Waals surface area contributed by atoms with Gasteiger partial charge < -0.3 is 23.9 Å². The molecule has 2 heterocycles. The van der Waals surface area contributed by atoms with Crippen LogP contribution in [0, 0.1) is 0 Å². The summed E-state index contributed by atoms with van der Waals surface area (Å²) in [6, 6.07) is 39.0. The highest BCUT2D eigenvalue weighted by atomic mass is 16.6. The number of rotatable bonds is 10. The number of aromatic nitrogens is 1. The summed E-state index contributed by atoms with van der Waals surface area (Å²) in [4.78, 5) is 3.40. The van der Waals surface area contributed by atoms with E-state index in [0.29, 0.717) is 26.4 Å². The van der Waals surface area contributed by atoms with Gasteiger partial charge in [0, 0.05) is 22.7 Å². The molecule has 5 nitrogen and oxygen atoms in total. The van der Waals surface area contributed by atoms with E-state index in [9.17, 15) is 0 Å². The first-order valence-electron chi connectivity index (χ1n) is 13.5. The molecule has 4 atom stereocenters. The average molecular weight is 520 g/mol. The zero-order valence-corrected chi connectivity index (χ0v) is 21.8. The second kappa shape index (κ2) is 12.4. The largest absolute Gasteiger partial charge is 0.368 e. The highest BCUT2D eigenvalue weighted by Crippen LogP contribution is 2.38. The maximum absolute atomic E-state index is 6.69. The maximum atomic E-state index is 6.69. The molecule has 1 saturated heterocycles. The molecule has 0 unspecified atom stereocenters. The fourth-order valence-electron chi connectivity index (χ4n) is 5.21. The second-order valence-electron chi connectivity index (χ2n) is 9.90. The van der Waals surface area contributed by atoms with Crippen molar-refractivity contribution in [1.82, 2.24) is 4.98 Å². The minimum absolute atomic E-state index is 0.295. The number of hydrogen-bond donors (Lipinski definition) is 1. The highest BCUT2D eigenvalue weighted by molar-refractivity contribution is 5.83. The normalized spacial score (nSPS) is 21.2. The zero-order valence-electron chi connectivity index (χ0n) is 21.8. The first kappa shape index (κ1) is 25.5. The maximum Gasteiger partial charge on any atom is 0.117 e. The van der Waals surface area contributed by atoms with E-state index in [0.717, 1.165) is 33.2 Å². The van der Waals surface area contributed by atoms with Crippen LogP contribution >= 0.6 is 0 Å². The Bertz CT molecular complexity index is 1440. The standard InChI is InChI=1S/C34H33NO4/c1-4-12-25(13-5-1)21-36-31-24-39-32(29-20-35-30-19-11-10-18-28(29)30)34(38-23-27-16-8-3-9-17-27)33(31)37-22-26-14-6-2-7-15-26/h1-20,31-35H,21-24H2/t31-,32+,33+,34+/m1/s1. The molecule has 1 N–H and O–H groups in total. The number of H-pyrrole nitrogens is 1. The van der Waals surface area contributed by atoms with Crippen LogP contribution < -0.4 is 0 Å². The Balaban J connectivity index is 1.31. The number of aromatic amines is 1. The summed E-state index contributed by atoms with van der Waals surface area (Å²) in [7, 11) is 0. The van der Waals surface area contributed by atoms with Crippen molar-refractivity contribution in [2.75, 3.05) is 6.61 Å². The van der Waals surface area contributed by atoms with Crippen molar-refractivity contribution in [2.24, 2.45) is 0 Å². The fraction of sp³-hybridized carbons (Fsp3) is 0.235. The van der Waals surface area contributed by atoms with Crippen LogP contribution in [-0.4, -0.2) is 29.9 Å².